The van der Waals surface area contributed by atoms with Crippen LogP contribution in [0.5, 0.6) is 5.75 Å². The number of nitrogens with one attached hydrogen (secondary N) is 1. The van der Waals surface area contributed by atoms with Gasteiger partial charge in [-0.2, -0.15) is 0 Å². The Morgan fingerprint density at radius 1 is 1.23 bits per heavy atom. The molecule has 2 rings (SSSR count). The van der Waals surface area contributed by atoms with Gasteiger partial charge in [-0.3, -0.25) is 0 Å². The van der Waals surface area contributed by atoms with E-state index in [1.165, 1.54) is 12.1 Å². The lowest BCUT2D eigenvalue weighted by molar-refractivity contribution is 0.190. The maximum Gasteiger partial charge on any atom is 0.124 e. The van der Waals surface area contributed by atoms with Crippen LogP contribution in [0.1, 0.15) is 18.1 Å². The van der Waals surface area contributed by atoms with Crippen LogP contribution in [0.25, 0.3) is 0 Å². The van der Waals surface area contributed by atoms with E-state index in [-0.39, 0.29) is 5.82 Å². The molecule has 5 heteroatoms. The second kappa shape index (κ2) is 8.13. The van der Waals surface area contributed by atoms with Gasteiger partial charge in [0.2, 0.25) is 0 Å². The molecule has 0 heterocycles. The highest BCUT2D eigenvalue weighted by Crippen LogP contribution is 2.24. The molecule has 0 spiro atoms. The summed E-state index contributed by atoms with van der Waals surface area (Å²) in [7, 11) is 0. The zero-order valence-corrected chi connectivity index (χ0v) is 13.1. The summed E-state index contributed by atoms with van der Waals surface area (Å²) in [6.45, 7) is 3.11. The molecule has 0 bridgehead atoms. The Morgan fingerprint density at radius 2 is 1.95 bits per heavy atom. The molecule has 1 unspecified atom stereocenters. The van der Waals surface area contributed by atoms with Crippen molar-refractivity contribution in [3.8, 4) is 5.75 Å². The summed E-state index contributed by atoms with van der Waals surface area (Å²) in [5.74, 6) is 0.449. The van der Waals surface area contributed by atoms with Crippen molar-refractivity contribution in [2.75, 3.05) is 6.54 Å². The van der Waals surface area contributed by atoms with Crippen LogP contribution in [0.4, 0.5) is 4.39 Å². The second-order valence-electron chi connectivity index (χ2n) is 5.15. The summed E-state index contributed by atoms with van der Waals surface area (Å²) in [5, 5.41) is 13.0. The number of hydrogen-bond acceptors (Lipinski definition) is 3. The van der Waals surface area contributed by atoms with Gasteiger partial charge in [0.1, 0.15) is 18.2 Å². The molecular formula is C17H19ClFNO2. The van der Waals surface area contributed by atoms with Crippen LogP contribution in [-0.4, -0.2) is 17.8 Å². The lowest BCUT2D eigenvalue weighted by Gasteiger charge is -2.13. The van der Waals surface area contributed by atoms with Gasteiger partial charge in [0, 0.05) is 23.7 Å². The van der Waals surface area contributed by atoms with E-state index < -0.39 is 6.10 Å². The van der Waals surface area contributed by atoms with Crippen molar-refractivity contribution in [2.24, 2.45) is 0 Å². The van der Waals surface area contributed by atoms with Crippen molar-refractivity contribution < 1.29 is 14.2 Å². The number of ether oxygens (including phenoxy) is 1. The number of halogens is 2. The van der Waals surface area contributed by atoms with Crippen molar-refractivity contribution in [1.82, 2.24) is 5.32 Å². The van der Waals surface area contributed by atoms with Gasteiger partial charge in [0.15, 0.2) is 0 Å². The highest BCUT2D eigenvalue weighted by molar-refractivity contribution is 6.30. The minimum Gasteiger partial charge on any atom is -0.489 e. The normalized spacial score (nSPS) is 12.2. The maximum absolute atomic E-state index is 12.9. The Bertz CT molecular complexity index is 602. The highest BCUT2D eigenvalue weighted by atomic mass is 35.5. The Kier molecular flexibility index (Phi) is 6.19. The fourth-order valence-corrected chi connectivity index (χ4v) is 2.18. The van der Waals surface area contributed by atoms with Gasteiger partial charge < -0.3 is 15.2 Å². The summed E-state index contributed by atoms with van der Waals surface area (Å²) >= 11 is 6.02. The lowest BCUT2D eigenvalue weighted by Crippen LogP contribution is -2.24. The molecule has 3 nitrogen and oxygen atoms in total. The highest BCUT2D eigenvalue weighted by Gasteiger charge is 2.06. The molecule has 0 amide bonds. The predicted molar refractivity (Wildman–Crippen MR) is 85.6 cm³/mol. The topological polar surface area (TPSA) is 41.5 Å². The van der Waals surface area contributed by atoms with E-state index in [1.807, 2.05) is 12.1 Å². The summed E-state index contributed by atoms with van der Waals surface area (Å²) in [6.07, 6.45) is -0.414. The molecule has 2 aromatic carbocycles. The molecule has 1 atom stereocenters. The van der Waals surface area contributed by atoms with Crippen molar-refractivity contribution in [3.63, 3.8) is 0 Å². The largest absolute Gasteiger partial charge is 0.489 e. The average Bonchev–Trinajstić information content (AvgIpc) is 2.48. The molecule has 0 aliphatic rings. The number of aliphatic hydroxyl groups excluding tert-OH is 1. The molecule has 0 radical (unpaired) electrons. The van der Waals surface area contributed by atoms with Gasteiger partial charge in [-0.1, -0.05) is 23.7 Å². The minimum absolute atomic E-state index is 0.266. The van der Waals surface area contributed by atoms with E-state index in [0.717, 1.165) is 11.1 Å². The number of hydrogen-bond donors (Lipinski definition) is 2. The molecule has 22 heavy (non-hydrogen) atoms. The molecule has 0 saturated carbocycles. The first-order chi connectivity index (χ1) is 10.5. The van der Waals surface area contributed by atoms with Gasteiger partial charge in [-0.25, -0.2) is 4.39 Å². The lowest BCUT2D eigenvalue weighted by atomic mass is 10.2. The van der Waals surface area contributed by atoms with Crippen LogP contribution < -0.4 is 10.1 Å². The van der Waals surface area contributed by atoms with Crippen LogP contribution >= 0.6 is 11.6 Å². The average molecular weight is 324 g/mol. The van der Waals surface area contributed by atoms with Crippen LogP contribution in [0.15, 0.2) is 42.5 Å². The molecule has 0 aliphatic carbocycles. The van der Waals surface area contributed by atoms with Crippen LogP contribution in [-0.2, 0) is 13.2 Å². The summed E-state index contributed by atoms with van der Waals surface area (Å²) in [6, 6.07) is 11.6. The van der Waals surface area contributed by atoms with Gasteiger partial charge in [0.05, 0.1) is 6.10 Å². The first-order valence-electron chi connectivity index (χ1n) is 7.09. The molecule has 2 N–H and O–H groups in total. The van der Waals surface area contributed by atoms with E-state index in [4.69, 9.17) is 16.3 Å². The van der Waals surface area contributed by atoms with Crippen LogP contribution in [0, 0.1) is 5.82 Å². The van der Waals surface area contributed by atoms with E-state index in [2.05, 4.69) is 5.32 Å². The summed E-state index contributed by atoms with van der Waals surface area (Å²) in [4.78, 5) is 0. The Morgan fingerprint density at radius 3 is 2.64 bits per heavy atom. The molecule has 0 aromatic heterocycles. The van der Waals surface area contributed by atoms with Crippen LogP contribution in [0.2, 0.25) is 5.02 Å². The molecule has 0 saturated heterocycles. The molecule has 2 aromatic rings. The van der Waals surface area contributed by atoms with Gasteiger partial charge in [0.25, 0.3) is 0 Å². The van der Waals surface area contributed by atoms with Crippen molar-refractivity contribution in [3.05, 3.63) is 64.4 Å². The second-order valence-corrected chi connectivity index (χ2v) is 5.58. The number of rotatable bonds is 7. The molecule has 0 fully saturated rings. The van der Waals surface area contributed by atoms with Crippen molar-refractivity contribution in [2.45, 2.75) is 26.2 Å². The SMILES string of the molecule is CC(O)CNCc1cc(Cl)ccc1OCc1ccc(F)cc1. The van der Waals surface area contributed by atoms with Crippen molar-refractivity contribution in [1.29, 1.82) is 0 Å². The van der Waals surface area contributed by atoms with E-state index in [9.17, 15) is 9.50 Å². The van der Waals surface area contributed by atoms with Gasteiger partial charge >= 0.3 is 0 Å². The number of aliphatic hydroxyl groups is 1. The first-order valence-corrected chi connectivity index (χ1v) is 7.47. The molecule has 0 aliphatic heterocycles. The zero-order chi connectivity index (χ0) is 15.9. The van der Waals surface area contributed by atoms with Crippen LogP contribution in [0.3, 0.4) is 0 Å². The van der Waals surface area contributed by atoms with Crippen molar-refractivity contribution >= 4 is 11.6 Å². The fourth-order valence-electron chi connectivity index (χ4n) is 1.98. The molecule has 118 valence electrons. The van der Waals surface area contributed by atoms with E-state index >= 15 is 0 Å². The predicted octanol–water partition coefficient (Wildman–Crippen LogP) is 3.53. The minimum atomic E-state index is -0.414. The van der Waals surface area contributed by atoms with E-state index in [1.54, 1.807) is 25.1 Å². The fraction of sp³-hybridized carbons (Fsp3) is 0.294. The third kappa shape index (κ3) is 5.30. The summed E-state index contributed by atoms with van der Waals surface area (Å²) in [5.41, 5.74) is 1.80. The van der Waals surface area contributed by atoms with E-state index in [0.29, 0.717) is 30.5 Å². The Hall–Kier alpha value is -1.62. The smallest absolute Gasteiger partial charge is 0.124 e. The summed E-state index contributed by atoms with van der Waals surface area (Å²) < 4.78 is 18.7. The van der Waals surface area contributed by atoms with Gasteiger partial charge in [-0.15, -0.1) is 0 Å². The Balaban J connectivity index is 2.01. The number of benzene rings is 2. The monoisotopic (exact) mass is 323 g/mol. The third-order valence-electron chi connectivity index (χ3n) is 3.09. The standard InChI is InChI=1S/C17H19ClFNO2/c1-12(21)9-20-10-14-8-15(18)4-7-17(14)22-11-13-2-5-16(19)6-3-13/h2-8,12,20-21H,9-11H2,1H3. The zero-order valence-electron chi connectivity index (χ0n) is 12.4. The molecular weight excluding hydrogens is 305 g/mol. The first kappa shape index (κ1) is 16.7. The van der Waals surface area contributed by atoms with Gasteiger partial charge in [-0.05, 0) is 42.8 Å². The Labute approximate surface area is 134 Å². The quantitative estimate of drug-likeness (QED) is 0.819. The maximum atomic E-state index is 12.9. The third-order valence-corrected chi connectivity index (χ3v) is 3.32.